The highest BCUT2D eigenvalue weighted by molar-refractivity contribution is 6.21. The van der Waals surface area contributed by atoms with Gasteiger partial charge in [0.05, 0.1) is 37.3 Å². The molecule has 0 aliphatic carbocycles. The smallest absolute Gasteiger partial charge is 0.308 e. The second-order valence-corrected chi connectivity index (χ2v) is 6.71. The van der Waals surface area contributed by atoms with Crippen LogP contribution in [0.15, 0.2) is 42.5 Å². The lowest BCUT2D eigenvalue weighted by Gasteiger charge is -2.21. The molecule has 0 saturated carbocycles. The second-order valence-electron chi connectivity index (χ2n) is 6.71. The third-order valence-corrected chi connectivity index (χ3v) is 4.85. The van der Waals surface area contributed by atoms with Gasteiger partial charge in [0.1, 0.15) is 5.75 Å². The summed E-state index contributed by atoms with van der Waals surface area (Å²) in [5.41, 5.74) is 1.25. The van der Waals surface area contributed by atoms with Crippen LogP contribution in [0.4, 0.5) is 0 Å². The number of para-hydroxylation sites is 1. The van der Waals surface area contributed by atoms with E-state index in [9.17, 15) is 19.2 Å². The summed E-state index contributed by atoms with van der Waals surface area (Å²) in [6.07, 6.45) is -0.0922. The molecular weight excluding hydrogens is 388 g/mol. The Balaban J connectivity index is 1.89. The Labute approximate surface area is 173 Å². The highest BCUT2D eigenvalue weighted by atomic mass is 16.5. The minimum absolute atomic E-state index is 0.0922. The number of carbonyl (C=O) groups is 4. The Morgan fingerprint density at radius 3 is 2.47 bits per heavy atom. The molecule has 3 amide bonds. The number of imide groups is 1. The molecule has 1 N–H and O–H groups in total. The average Bonchev–Trinajstić information content (AvgIpc) is 2.97. The van der Waals surface area contributed by atoms with E-state index in [2.05, 4.69) is 5.32 Å². The summed E-state index contributed by atoms with van der Waals surface area (Å²) >= 11 is 0. The van der Waals surface area contributed by atoms with E-state index in [0.717, 1.165) is 4.90 Å². The topological polar surface area (TPSA) is 102 Å². The first kappa shape index (κ1) is 21.0. The summed E-state index contributed by atoms with van der Waals surface area (Å²) in [7, 11) is 2.89. The maximum absolute atomic E-state index is 12.9. The Hall–Kier alpha value is -3.68. The van der Waals surface area contributed by atoms with Crippen molar-refractivity contribution in [1.82, 2.24) is 10.2 Å². The van der Waals surface area contributed by atoms with E-state index in [4.69, 9.17) is 9.47 Å². The number of amides is 3. The van der Waals surface area contributed by atoms with Crippen LogP contribution in [0.5, 0.6) is 5.75 Å². The maximum atomic E-state index is 12.9. The van der Waals surface area contributed by atoms with Crippen LogP contribution < -0.4 is 10.1 Å². The van der Waals surface area contributed by atoms with Crippen molar-refractivity contribution in [3.8, 4) is 5.75 Å². The van der Waals surface area contributed by atoms with Gasteiger partial charge in [-0.15, -0.1) is 0 Å². The summed E-state index contributed by atoms with van der Waals surface area (Å²) in [5, 5.41) is 2.81. The van der Waals surface area contributed by atoms with Crippen LogP contribution in [0.3, 0.4) is 0 Å². The molecule has 30 heavy (non-hydrogen) atoms. The molecule has 8 heteroatoms. The predicted octanol–water partition coefficient (Wildman–Crippen LogP) is 2.35. The summed E-state index contributed by atoms with van der Waals surface area (Å²) in [6.45, 7) is 1.92. The van der Waals surface area contributed by atoms with E-state index in [-0.39, 0.29) is 29.7 Å². The first-order valence-electron chi connectivity index (χ1n) is 9.43. The van der Waals surface area contributed by atoms with E-state index in [1.54, 1.807) is 31.2 Å². The van der Waals surface area contributed by atoms with Gasteiger partial charge >= 0.3 is 5.97 Å². The minimum Gasteiger partial charge on any atom is -0.496 e. The fourth-order valence-corrected chi connectivity index (χ4v) is 3.32. The number of carbonyl (C=O) groups excluding carboxylic acids is 4. The number of nitrogens with one attached hydrogen (secondary N) is 1. The molecule has 0 aromatic heterocycles. The van der Waals surface area contributed by atoms with Crippen LogP contribution in [0.2, 0.25) is 0 Å². The number of fused-ring (bicyclic) bond motifs is 1. The van der Waals surface area contributed by atoms with Gasteiger partial charge < -0.3 is 14.8 Å². The van der Waals surface area contributed by atoms with Gasteiger partial charge in [-0.3, -0.25) is 24.1 Å². The number of methoxy groups -OCH3 is 1. The van der Waals surface area contributed by atoms with Crippen molar-refractivity contribution < 1.29 is 28.7 Å². The minimum atomic E-state index is -0.707. The summed E-state index contributed by atoms with van der Waals surface area (Å²) in [4.78, 5) is 50.3. The first-order valence-corrected chi connectivity index (χ1v) is 9.43. The molecule has 0 spiro atoms. The molecule has 1 aliphatic heterocycles. The van der Waals surface area contributed by atoms with Gasteiger partial charge in [-0.1, -0.05) is 18.2 Å². The van der Waals surface area contributed by atoms with Gasteiger partial charge in [0.2, 0.25) is 0 Å². The molecule has 156 valence electrons. The molecule has 0 unspecified atom stereocenters. The quantitative estimate of drug-likeness (QED) is 0.555. The zero-order valence-corrected chi connectivity index (χ0v) is 16.9. The van der Waals surface area contributed by atoms with Gasteiger partial charge in [0.25, 0.3) is 17.7 Å². The van der Waals surface area contributed by atoms with E-state index in [1.165, 1.54) is 32.4 Å². The summed E-state index contributed by atoms with van der Waals surface area (Å²) < 4.78 is 10.4. The van der Waals surface area contributed by atoms with Gasteiger partial charge in [-0.2, -0.15) is 0 Å². The van der Waals surface area contributed by atoms with Crippen LogP contribution in [0, 0.1) is 0 Å². The lowest BCUT2D eigenvalue weighted by Crippen LogP contribution is -2.31. The SMILES string of the molecule is CCOC(=O)C[C@@H](NC(=O)c1ccc2c(c1)C(=O)N(C)C2=O)c1ccccc1OC. The molecule has 3 rings (SSSR count). The Kier molecular flexibility index (Phi) is 6.15. The number of benzene rings is 2. The van der Waals surface area contributed by atoms with Crippen molar-refractivity contribution in [3.63, 3.8) is 0 Å². The lowest BCUT2D eigenvalue weighted by atomic mass is 10.0. The standard InChI is InChI=1S/C22H22N2O6/c1-4-30-19(25)12-17(15-7-5-6-8-18(15)29-3)23-20(26)13-9-10-14-16(11-13)22(28)24(2)21(14)27/h5-11,17H,4,12H2,1-3H3,(H,23,26)/t17-/m1/s1. The van der Waals surface area contributed by atoms with E-state index in [1.807, 2.05) is 0 Å². The molecule has 8 nitrogen and oxygen atoms in total. The zero-order chi connectivity index (χ0) is 21.8. The first-order chi connectivity index (χ1) is 14.4. The van der Waals surface area contributed by atoms with E-state index < -0.39 is 29.7 Å². The number of hydrogen-bond donors (Lipinski definition) is 1. The number of ether oxygens (including phenoxy) is 2. The Morgan fingerprint density at radius 2 is 1.77 bits per heavy atom. The molecule has 0 saturated heterocycles. The molecule has 1 aliphatic rings. The molecule has 0 bridgehead atoms. The largest absolute Gasteiger partial charge is 0.496 e. The molecule has 1 heterocycles. The van der Waals surface area contributed by atoms with Crippen molar-refractivity contribution >= 4 is 23.7 Å². The van der Waals surface area contributed by atoms with Crippen molar-refractivity contribution in [2.75, 3.05) is 20.8 Å². The molecule has 0 radical (unpaired) electrons. The number of rotatable bonds is 7. The molecule has 0 fully saturated rings. The number of hydrogen-bond acceptors (Lipinski definition) is 6. The maximum Gasteiger partial charge on any atom is 0.308 e. The zero-order valence-electron chi connectivity index (χ0n) is 16.9. The summed E-state index contributed by atoms with van der Waals surface area (Å²) in [6, 6.07) is 10.7. The normalized spacial score (nSPS) is 13.6. The molecule has 2 aromatic rings. The number of nitrogens with zero attached hydrogens (tertiary/aromatic N) is 1. The fourth-order valence-electron chi connectivity index (χ4n) is 3.32. The third-order valence-electron chi connectivity index (χ3n) is 4.85. The second kappa shape index (κ2) is 8.77. The Morgan fingerprint density at radius 1 is 1.07 bits per heavy atom. The lowest BCUT2D eigenvalue weighted by molar-refractivity contribution is -0.143. The van der Waals surface area contributed by atoms with Gasteiger partial charge in [-0.05, 0) is 31.2 Å². The average molecular weight is 410 g/mol. The van der Waals surface area contributed by atoms with E-state index in [0.29, 0.717) is 11.3 Å². The van der Waals surface area contributed by atoms with E-state index >= 15 is 0 Å². The Bertz CT molecular complexity index is 1020. The monoisotopic (exact) mass is 410 g/mol. The molecule has 1 atom stereocenters. The van der Waals surface area contributed by atoms with Crippen LogP contribution >= 0.6 is 0 Å². The van der Waals surface area contributed by atoms with Gasteiger partial charge in [-0.25, -0.2) is 0 Å². The van der Waals surface area contributed by atoms with Crippen molar-refractivity contribution in [2.24, 2.45) is 0 Å². The third kappa shape index (κ3) is 4.03. The van der Waals surface area contributed by atoms with Gasteiger partial charge in [0.15, 0.2) is 0 Å². The number of esters is 1. The fraction of sp³-hybridized carbons (Fsp3) is 0.273. The van der Waals surface area contributed by atoms with Crippen LogP contribution in [-0.4, -0.2) is 49.4 Å². The molecular formula is C22H22N2O6. The van der Waals surface area contributed by atoms with Crippen molar-refractivity contribution in [1.29, 1.82) is 0 Å². The van der Waals surface area contributed by atoms with Gasteiger partial charge in [0, 0.05) is 18.2 Å². The highest BCUT2D eigenvalue weighted by Gasteiger charge is 2.33. The van der Waals surface area contributed by atoms with Crippen LogP contribution in [-0.2, 0) is 9.53 Å². The molecule has 2 aromatic carbocycles. The summed E-state index contributed by atoms with van der Waals surface area (Å²) in [5.74, 6) is -1.31. The van der Waals surface area contributed by atoms with Crippen LogP contribution in [0.1, 0.15) is 56.0 Å². The highest BCUT2D eigenvalue weighted by Crippen LogP contribution is 2.28. The van der Waals surface area contributed by atoms with Crippen molar-refractivity contribution in [2.45, 2.75) is 19.4 Å². The predicted molar refractivity (Wildman–Crippen MR) is 107 cm³/mol. The van der Waals surface area contributed by atoms with Crippen LogP contribution in [0.25, 0.3) is 0 Å². The van der Waals surface area contributed by atoms with Crippen molar-refractivity contribution in [3.05, 3.63) is 64.7 Å².